The van der Waals surface area contributed by atoms with Crippen molar-refractivity contribution in [3.8, 4) is 0 Å². The van der Waals surface area contributed by atoms with E-state index in [1.54, 1.807) is 24.3 Å². The van der Waals surface area contributed by atoms with E-state index in [0.717, 1.165) is 23.8 Å². The van der Waals surface area contributed by atoms with E-state index in [1.165, 1.54) is 0 Å². The Bertz CT molecular complexity index is 621. The number of alkyl halides is 1. The van der Waals surface area contributed by atoms with Crippen LogP contribution in [0.4, 0.5) is 8.78 Å². The highest BCUT2D eigenvalue weighted by Gasteiger charge is 2.09. The first-order chi connectivity index (χ1) is 9.10. The van der Waals surface area contributed by atoms with Crippen LogP contribution in [0.15, 0.2) is 42.5 Å². The maximum atomic E-state index is 13.7. The Balaban J connectivity index is 2.47. The molecule has 0 aliphatic carbocycles. The predicted octanol–water partition coefficient (Wildman–Crippen LogP) is 5.40. The third-order valence-electron chi connectivity index (χ3n) is 2.61. The largest absolute Gasteiger partial charge is 0.207 e. The summed E-state index contributed by atoms with van der Waals surface area (Å²) in [7, 11) is 0. The van der Waals surface area contributed by atoms with Gasteiger partial charge in [0, 0.05) is 16.5 Å². The number of allylic oxidation sites excluding steroid dienone is 1. The predicted molar refractivity (Wildman–Crippen MR) is 76.4 cm³/mol. The van der Waals surface area contributed by atoms with Crippen molar-refractivity contribution >= 4 is 34.9 Å². The standard InChI is InChI=1S/C15H10Cl2F2/c16-9-11(6-10-2-1-3-12(17)7-10)14-8-13(18)4-5-15(14)19/h1-8H,9H2. The topological polar surface area (TPSA) is 0 Å². The average Bonchev–Trinajstić information content (AvgIpc) is 2.39. The van der Waals surface area contributed by atoms with E-state index in [2.05, 4.69) is 0 Å². The van der Waals surface area contributed by atoms with Crippen LogP contribution in [0.1, 0.15) is 11.1 Å². The molecule has 2 rings (SSSR count). The van der Waals surface area contributed by atoms with Crippen molar-refractivity contribution < 1.29 is 8.78 Å². The zero-order chi connectivity index (χ0) is 13.8. The van der Waals surface area contributed by atoms with Gasteiger partial charge in [0.25, 0.3) is 0 Å². The van der Waals surface area contributed by atoms with E-state index in [4.69, 9.17) is 23.2 Å². The van der Waals surface area contributed by atoms with Crippen molar-refractivity contribution in [2.75, 3.05) is 5.88 Å². The molecule has 0 atom stereocenters. The van der Waals surface area contributed by atoms with Crippen LogP contribution in [0, 0.1) is 11.6 Å². The molecule has 0 amide bonds. The lowest BCUT2D eigenvalue weighted by atomic mass is 10.0. The fourth-order valence-corrected chi connectivity index (χ4v) is 2.15. The Morgan fingerprint density at radius 1 is 1.11 bits per heavy atom. The molecule has 2 aromatic carbocycles. The van der Waals surface area contributed by atoms with E-state index >= 15 is 0 Å². The minimum absolute atomic E-state index is 0.0763. The number of benzene rings is 2. The third kappa shape index (κ3) is 3.55. The second kappa shape index (κ2) is 6.18. The molecule has 0 aliphatic rings. The molecule has 0 radical (unpaired) electrons. The number of hydrogen-bond acceptors (Lipinski definition) is 0. The molecule has 0 saturated carbocycles. The summed E-state index contributed by atoms with van der Waals surface area (Å²) in [6.07, 6.45) is 1.69. The lowest BCUT2D eigenvalue weighted by molar-refractivity contribution is 0.597. The summed E-state index contributed by atoms with van der Waals surface area (Å²) < 4.78 is 26.9. The Morgan fingerprint density at radius 3 is 2.58 bits per heavy atom. The van der Waals surface area contributed by atoms with Gasteiger partial charge in [-0.15, -0.1) is 11.6 Å². The molecule has 0 nitrogen and oxygen atoms in total. The Hall–Kier alpha value is -1.38. The van der Waals surface area contributed by atoms with Crippen LogP contribution in [-0.4, -0.2) is 5.88 Å². The number of halogens is 4. The average molecular weight is 299 g/mol. The minimum Gasteiger partial charge on any atom is -0.207 e. The normalized spacial score (nSPS) is 11.7. The number of rotatable bonds is 3. The number of hydrogen-bond donors (Lipinski definition) is 0. The van der Waals surface area contributed by atoms with Crippen molar-refractivity contribution in [2.45, 2.75) is 0 Å². The smallest absolute Gasteiger partial charge is 0.130 e. The van der Waals surface area contributed by atoms with Crippen LogP contribution in [0.25, 0.3) is 11.6 Å². The first-order valence-corrected chi connectivity index (χ1v) is 6.49. The zero-order valence-electron chi connectivity index (χ0n) is 9.84. The molecule has 0 unspecified atom stereocenters. The molecule has 4 heteroatoms. The Labute approximate surface area is 120 Å². The molecule has 0 N–H and O–H groups in total. The van der Waals surface area contributed by atoms with Gasteiger partial charge in [0.1, 0.15) is 11.6 Å². The fourth-order valence-electron chi connectivity index (χ4n) is 1.73. The van der Waals surface area contributed by atoms with Crippen molar-refractivity contribution in [3.63, 3.8) is 0 Å². The first-order valence-electron chi connectivity index (χ1n) is 5.57. The fraction of sp³-hybridized carbons (Fsp3) is 0.0667. The Morgan fingerprint density at radius 2 is 1.89 bits per heavy atom. The van der Waals surface area contributed by atoms with Gasteiger partial charge in [0.15, 0.2) is 0 Å². The summed E-state index contributed by atoms with van der Waals surface area (Å²) >= 11 is 11.7. The van der Waals surface area contributed by atoms with Gasteiger partial charge in [-0.05, 0) is 47.5 Å². The second-order valence-corrected chi connectivity index (χ2v) is 4.69. The molecule has 2 aromatic rings. The van der Waals surface area contributed by atoms with E-state index in [0.29, 0.717) is 10.6 Å². The van der Waals surface area contributed by atoms with Crippen LogP contribution in [0.5, 0.6) is 0 Å². The van der Waals surface area contributed by atoms with E-state index in [-0.39, 0.29) is 11.4 Å². The third-order valence-corrected chi connectivity index (χ3v) is 3.13. The molecule has 0 saturated heterocycles. The van der Waals surface area contributed by atoms with E-state index in [9.17, 15) is 8.78 Å². The van der Waals surface area contributed by atoms with Crippen LogP contribution in [-0.2, 0) is 0 Å². The molecule has 0 heterocycles. The van der Waals surface area contributed by atoms with Gasteiger partial charge in [-0.3, -0.25) is 0 Å². The van der Waals surface area contributed by atoms with Gasteiger partial charge in [-0.1, -0.05) is 23.7 Å². The van der Waals surface area contributed by atoms with Crippen molar-refractivity contribution in [1.82, 2.24) is 0 Å². The molecule has 0 fully saturated rings. The summed E-state index contributed by atoms with van der Waals surface area (Å²) in [5.41, 5.74) is 1.45. The zero-order valence-corrected chi connectivity index (χ0v) is 11.3. The van der Waals surface area contributed by atoms with Crippen molar-refractivity contribution in [1.29, 1.82) is 0 Å². The van der Waals surface area contributed by atoms with Gasteiger partial charge >= 0.3 is 0 Å². The maximum Gasteiger partial charge on any atom is 0.130 e. The monoisotopic (exact) mass is 298 g/mol. The van der Waals surface area contributed by atoms with Crippen LogP contribution < -0.4 is 0 Å². The van der Waals surface area contributed by atoms with Crippen molar-refractivity contribution in [2.24, 2.45) is 0 Å². The van der Waals surface area contributed by atoms with E-state index in [1.807, 2.05) is 6.07 Å². The first kappa shape index (κ1) is 14.0. The molecule has 0 aliphatic heterocycles. The Kier molecular flexibility index (Phi) is 4.56. The summed E-state index contributed by atoms with van der Waals surface area (Å²) in [6.45, 7) is 0. The highest BCUT2D eigenvalue weighted by Crippen LogP contribution is 2.24. The minimum atomic E-state index is -0.504. The second-order valence-electron chi connectivity index (χ2n) is 3.98. The van der Waals surface area contributed by atoms with Gasteiger partial charge in [0.05, 0.1) is 0 Å². The molecule has 98 valence electrons. The lowest BCUT2D eigenvalue weighted by Crippen LogP contribution is -1.93. The molecule has 19 heavy (non-hydrogen) atoms. The van der Waals surface area contributed by atoms with Crippen LogP contribution >= 0.6 is 23.2 Å². The van der Waals surface area contributed by atoms with Crippen LogP contribution in [0.2, 0.25) is 5.02 Å². The molecular formula is C15H10Cl2F2. The SMILES string of the molecule is Fc1ccc(F)c(C(=Cc2cccc(Cl)c2)CCl)c1. The summed E-state index contributed by atoms with van der Waals surface area (Å²) in [4.78, 5) is 0. The molecule has 0 spiro atoms. The summed E-state index contributed by atoms with van der Waals surface area (Å²) in [5, 5.41) is 0.572. The van der Waals surface area contributed by atoms with Gasteiger partial charge in [-0.2, -0.15) is 0 Å². The maximum absolute atomic E-state index is 13.7. The summed E-state index contributed by atoms with van der Waals surface area (Å²) in [5.74, 6) is -0.929. The highest BCUT2D eigenvalue weighted by molar-refractivity contribution is 6.30. The van der Waals surface area contributed by atoms with Gasteiger partial charge in [-0.25, -0.2) is 8.78 Å². The quantitative estimate of drug-likeness (QED) is 0.526. The highest BCUT2D eigenvalue weighted by atomic mass is 35.5. The molecule has 0 aromatic heterocycles. The van der Waals surface area contributed by atoms with Crippen molar-refractivity contribution in [3.05, 3.63) is 70.2 Å². The van der Waals surface area contributed by atoms with Crippen LogP contribution in [0.3, 0.4) is 0 Å². The lowest BCUT2D eigenvalue weighted by Gasteiger charge is -2.06. The molecular weight excluding hydrogens is 289 g/mol. The van der Waals surface area contributed by atoms with Gasteiger partial charge < -0.3 is 0 Å². The molecule has 0 bridgehead atoms. The van der Waals surface area contributed by atoms with Gasteiger partial charge in [0.2, 0.25) is 0 Å². The summed E-state index contributed by atoms with van der Waals surface area (Å²) in [6, 6.07) is 10.4. The van der Waals surface area contributed by atoms with E-state index < -0.39 is 11.6 Å².